The molecule has 0 aliphatic carbocycles. The van der Waals surface area contributed by atoms with Gasteiger partial charge in [0.1, 0.15) is 0 Å². The number of carbonyl (C=O) groups excluding carboxylic acids is 1. The number of hydrogen-bond acceptors (Lipinski definition) is 4. The number of hydrogen-bond donors (Lipinski definition) is 2. The van der Waals surface area contributed by atoms with Gasteiger partial charge in [-0.15, -0.1) is 24.0 Å². The molecule has 1 aromatic rings. The molecule has 7 nitrogen and oxygen atoms in total. The molecule has 8 heteroatoms. The van der Waals surface area contributed by atoms with E-state index >= 15 is 0 Å². The van der Waals surface area contributed by atoms with Gasteiger partial charge in [0.15, 0.2) is 17.5 Å². The third kappa shape index (κ3) is 8.97. The molecular formula is C22H37IN4O3. The molecule has 0 aromatic heterocycles. The van der Waals surface area contributed by atoms with E-state index < -0.39 is 0 Å². The van der Waals surface area contributed by atoms with Gasteiger partial charge in [0, 0.05) is 39.1 Å². The topological polar surface area (TPSA) is 75.2 Å². The van der Waals surface area contributed by atoms with Crippen LogP contribution in [-0.4, -0.2) is 63.7 Å². The van der Waals surface area contributed by atoms with Crippen LogP contribution in [0.2, 0.25) is 0 Å². The van der Waals surface area contributed by atoms with Crippen LogP contribution >= 0.6 is 24.0 Å². The minimum Gasteiger partial charge on any atom is -0.493 e. The molecule has 1 fully saturated rings. The molecule has 1 aliphatic heterocycles. The van der Waals surface area contributed by atoms with E-state index in [1.54, 1.807) is 14.2 Å². The zero-order valence-electron chi connectivity index (χ0n) is 18.5. The van der Waals surface area contributed by atoms with Gasteiger partial charge in [-0.3, -0.25) is 9.79 Å². The number of ether oxygens (including phenoxy) is 2. The summed E-state index contributed by atoms with van der Waals surface area (Å²) in [4.78, 5) is 18.7. The Hall–Kier alpha value is -1.71. The maximum absolute atomic E-state index is 12.1. The lowest BCUT2D eigenvalue weighted by atomic mass is 10.1. The summed E-state index contributed by atoms with van der Waals surface area (Å²) >= 11 is 0. The van der Waals surface area contributed by atoms with E-state index in [1.807, 2.05) is 23.1 Å². The third-order valence-corrected chi connectivity index (χ3v) is 5.03. The number of benzene rings is 1. The minimum absolute atomic E-state index is 0. The summed E-state index contributed by atoms with van der Waals surface area (Å²) in [6, 6.07) is 5.98. The molecule has 2 rings (SSSR count). The first-order valence-electron chi connectivity index (χ1n) is 10.7. The van der Waals surface area contributed by atoms with Crippen molar-refractivity contribution in [1.29, 1.82) is 0 Å². The Balaban J connectivity index is 0.00000450. The predicted octanol–water partition coefficient (Wildman–Crippen LogP) is 3.21. The molecule has 0 saturated carbocycles. The maximum Gasteiger partial charge on any atom is 0.222 e. The highest BCUT2D eigenvalue weighted by atomic mass is 127. The van der Waals surface area contributed by atoms with Gasteiger partial charge in [-0.1, -0.05) is 12.5 Å². The van der Waals surface area contributed by atoms with Crippen LogP contribution in [-0.2, 0) is 11.2 Å². The Morgan fingerprint density at radius 1 is 1.13 bits per heavy atom. The van der Waals surface area contributed by atoms with Gasteiger partial charge in [-0.05, 0) is 50.3 Å². The van der Waals surface area contributed by atoms with Crippen LogP contribution in [0, 0.1) is 0 Å². The number of likely N-dealkylation sites (tertiary alicyclic amines) is 1. The van der Waals surface area contributed by atoms with E-state index in [4.69, 9.17) is 9.47 Å². The largest absolute Gasteiger partial charge is 0.493 e. The van der Waals surface area contributed by atoms with Gasteiger partial charge < -0.3 is 25.0 Å². The molecule has 2 N–H and O–H groups in total. The van der Waals surface area contributed by atoms with Crippen molar-refractivity contribution in [2.75, 3.05) is 46.9 Å². The van der Waals surface area contributed by atoms with Gasteiger partial charge in [-0.25, -0.2) is 0 Å². The number of rotatable bonds is 10. The second-order valence-corrected chi connectivity index (χ2v) is 7.17. The molecule has 1 heterocycles. The van der Waals surface area contributed by atoms with Crippen LogP contribution < -0.4 is 20.1 Å². The van der Waals surface area contributed by atoms with Crippen LogP contribution in [0.4, 0.5) is 0 Å². The van der Waals surface area contributed by atoms with Crippen molar-refractivity contribution < 1.29 is 14.3 Å². The highest BCUT2D eigenvalue weighted by Crippen LogP contribution is 2.27. The molecule has 30 heavy (non-hydrogen) atoms. The van der Waals surface area contributed by atoms with Crippen molar-refractivity contribution in [2.24, 2.45) is 4.99 Å². The van der Waals surface area contributed by atoms with Crippen LogP contribution in [0.1, 0.15) is 44.6 Å². The van der Waals surface area contributed by atoms with Crippen LogP contribution in [0.25, 0.3) is 0 Å². The molecule has 0 atom stereocenters. The highest BCUT2D eigenvalue weighted by Gasteiger charge is 2.15. The van der Waals surface area contributed by atoms with E-state index in [9.17, 15) is 4.79 Å². The second kappa shape index (κ2) is 15.1. The summed E-state index contributed by atoms with van der Waals surface area (Å²) in [5.41, 5.74) is 1.17. The Morgan fingerprint density at radius 3 is 2.67 bits per heavy atom. The fraction of sp³-hybridized carbons (Fsp3) is 0.636. The summed E-state index contributed by atoms with van der Waals surface area (Å²) in [6.45, 7) is 6.04. The van der Waals surface area contributed by atoms with Crippen molar-refractivity contribution in [1.82, 2.24) is 15.5 Å². The van der Waals surface area contributed by atoms with E-state index in [0.717, 1.165) is 75.7 Å². The third-order valence-electron chi connectivity index (χ3n) is 5.03. The average Bonchev–Trinajstić information content (AvgIpc) is 2.95. The molecule has 1 amide bonds. The molecule has 170 valence electrons. The Bertz CT molecular complexity index is 670. The number of aliphatic imine (C=N–C) groups is 1. The Morgan fingerprint density at radius 2 is 1.93 bits per heavy atom. The lowest BCUT2D eigenvalue weighted by molar-refractivity contribution is -0.130. The maximum atomic E-state index is 12.1. The molecular weight excluding hydrogens is 495 g/mol. The average molecular weight is 532 g/mol. The molecule has 0 spiro atoms. The van der Waals surface area contributed by atoms with Gasteiger partial charge in [0.05, 0.1) is 14.2 Å². The molecule has 0 unspecified atom stereocenters. The highest BCUT2D eigenvalue weighted by molar-refractivity contribution is 14.0. The van der Waals surface area contributed by atoms with Crippen molar-refractivity contribution in [3.63, 3.8) is 0 Å². The number of nitrogens with one attached hydrogen (secondary N) is 2. The Labute approximate surface area is 198 Å². The van der Waals surface area contributed by atoms with Gasteiger partial charge >= 0.3 is 0 Å². The smallest absolute Gasteiger partial charge is 0.222 e. The summed E-state index contributed by atoms with van der Waals surface area (Å²) in [5, 5.41) is 6.66. The standard InChI is InChI=1S/C22H36N4O3.HI/c1-4-23-22(24-13-8-16-26-15-7-5-6-9-21(26)27)25-14-12-18-10-11-19(28-2)20(17-18)29-3;/h10-11,17H,4-9,12-16H2,1-3H3,(H2,23,24,25);1H. The van der Waals surface area contributed by atoms with Gasteiger partial charge in [0.25, 0.3) is 0 Å². The van der Waals surface area contributed by atoms with Crippen LogP contribution in [0.3, 0.4) is 0 Å². The van der Waals surface area contributed by atoms with Crippen molar-refractivity contribution in [3.8, 4) is 11.5 Å². The van der Waals surface area contributed by atoms with Crippen molar-refractivity contribution >= 4 is 35.8 Å². The van der Waals surface area contributed by atoms with Crippen molar-refractivity contribution in [3.05, 3.63) is 23.8 Å². The first kappa shape index (κ1) is 26.3. The summed E-state index contributed by atoms with van der Waals surface area (Å²) in [7, 11) is 3.29. The monoisotopic (exact) mass is 532 g/mol. The lowest BCUT2D eigenvalue weighted by Gasteiger charge is -2.20. The van der Waals surface area contributed by atoms with E-state index in [2.05, 4.69) is 22.5 Å². The molecule has 0 radical (unpaired) electrons. The fourth-order valence-corrected chi connectivity index (χ4v) is 3.43. The molecule has 0 bridgehead atoms. The number of amides is 1. The Kier molecular flexibility index (Phi) is 13.3. The number of nitrogens with zero attached hydrogens (tertiary/aromatic N) is 2. The van der Waals surface area contributed by atoms with Crippen molar-refractivity contribution in [2.45, 2.75) is 45.4 Å². The SMILES string of the molecule is CCNC(=NCCCN1CCCCCC1=O)NCCc1ccc(OC)c(OC)c1.I. The lowest BCUT2D eigenvalue weighted by Crippen LogP contribution is -2.38. The van der Waals surface area contributed by atoms with E-state index in [1.165, 1.54) is 5.56 Å². The van der Waals surface area contributed by atoms with E-state index in [0.29, 0.717) is 18.9 Å². The van der Waals surface area contributed by atoms with Crippen LogP contribution in [0.15, 0.2) is 23.2 Å². The quantitative estimate of drug-likeness (QED) is 0.210. The first-order chi connectivity index (χ1) is 14.2. The predicted molar refractivity (Wildman–Crippen MR) is 132 cm³/mol. The molecule has 1 saturated heterocycles. The molecule has 1 aliphatic rings. The second-order valence-electron chi connectivity index (χ2n) is 7.17. The number of carbonyl (C=O) groups is 1. The number of halogens is 1. The fourth-order valence-electron chi connectivity index (χ4n) is 3.43. The number of guanidine groups is 1. The normalized spacial score (nSPS) is 14.6. The van der Waals surface area contributed by atoms with Gasteiger partial charge in [-0.2, -0.15) is 0 Å². The van der Waals surface area contributed by atoms with Gasteiger partial charge in [0.2, 0.25) is 5.91 Å². The zero-order chi connectivity index (χ0) is 20.9. The molecule has 1 aromatic carbocycles. The van der Waals surface area contributed by atoms with E-state index in [-0.39, 0.29) is 24.0 Å². The summed E-state index contributed by atoms with van der Waals surface area (Å²) < 4.78 is 10.6. The summed E-state index contributed by atoms with van der Waals surface area (Å²) in [6.07, 6.45) is 5.75. The van der Waals surface area contributed by atoms with Crippen LogP contribution in [0.5, 0.6) is 11.5 Å². The zero-order valence-corrected chi connectivity index (χ0v) is 20.9. The number of methoxy groups -OCH3 is 2. The summed E-state index contributed by atoms with van der Waals surface area (Å²) in [5.74, 6) is 2.59. The minimum atomic E-state index is 0. The first-order valence-corrected chi connectivity index (χ1v) is 10.7.